The molecule has 0 unspecified atom stereocenters. The Bertz CT molecular complexity index is 886. The van der Waals surface area contributed by atoms with Gasteiger partial charge in [0.2, 0.25) is 0 Å². The minimum Gasteiger partial charge on any atom is -0.508 e. The van der Waals surface area contributed by atoms with Crippen molar-refractivity contribution < 1.29 is 14.3 Å². The van der Waals surface area contributed by atoms with Crippen LogP contribution in [0.15, 0.2) is 60.9 Å². The first-order chi connectivity index (χ1) is 11.6. The topological polar surface area (TPSA) is 87.1 Å². The predicted octanol–water partition coefficient (Wildman–Crippen LogP) is 3.32. The highest BCUT2D eigenvalue weighted by molar-refractivity contribution is 6.03. The molecule has 0 aliphatic carbocycles. The van der Waals surface area contributed by atoms with Crippen LogP contribution >= 0.6 is 0 Å². The van der Waals surface area contributed by atoms with Gasteiger partial charge in [0.1, 0.15) is 29.4 Å². The van der Waals surface area contributed by atoms with E-state index >= 15 is 0 Å². The highest BCUT2D eigenvalue weighted by atomic mass is 19.1. The quantitative estimate of drug-likeness (QED) is 0.685. The molecule has 0 saturated heterocycles. The molecule has 1 amide bonds. The molecule has 1 aromatic heterocycles. The lowest BCUT2D eigenvalue weighted by Gasteiger charge is -2.08. The molecule has 7 heteroatoms. The standard InChI is InChI=1S/C17H13FN4O2/c18-11-3-1-4-12(7-11)22-17(24)15-9-16(20-10-19-15)21-13-5-2-6-14(23)8-13/h1-10,23H,(H,22,24)(H,19,20,21). The number of phenolic OH excluding ortho intramolecular Hbond substituents is 1. The second kappa shape index (κ2) is 6.74. The number of nitrogens with zero attached hydrogens (tertiary/aromatic N) is 2. The van der Waals surface area contributed by atoms with E-state index < -0.39 is 11.7 Å². The van der Waals surface area contributed by atoms with Crippen molar-refractivity contribution in [1.29, 1.82) is 0 Å². The SMILES string of the molecule is O=C(Nc1cccc(F)c1)c1cc(Nc2cccc(O)c2)ncn1. The number of carbonyl (C=O) groups is 1. The van der Waals surface area contributed by atoms with Gasteiger partial charge in [-0.1, -0.05) is 12.1 Å². The Kier molecular flexibility index (Phi) is 4.33. The van der Waals surface area contributed by atoms with Crippen molar-refractivity contribution in [2.24, 2.45) is 0 Å². The highest BCUT2D eigenvalue weighted by Crippen LogP contribution is 2.19. The fourth-order valence-electron chi connectivity index (χ4n) is 2.04. The van der Waals surface area contributed by atoms with Crippen LogP contribution in [0.4, 0.5) is 21.6 Å². The van der Waals surface area contributed by atoms with Crippen molar-refractivity contribution in [1.82, 2.24) is 9.97 Å². The van der Waals surface area contributed by atoms with Crippen LogP contribution in [-0.4, -0.2) is 21.0 Å². The van der Waals surface area contributed by atoms with Gasteiger partial charge in [0.15, 0.2) is 0 Å². The van der Waals surface area contributed by atoms with E-state index in [9.17, 15) is 14.3 Å². The molecule has 24 heavy (non-hydrogen) atoms. The van der Waals surface area contributed by atoms with E-state index in [0.29, 0.717) is 17.2 Å². The Morgan fingerprint density at radius 3 is 2.58 bits per heavy atom. The molecule has 3 aromatic rings. The number of nitrogens with one attached hydrogen (secondary N) is 2. The fraction of sp³-hybridized carbons (Fsp3) is 0. The molecule has 3 rings (SSSR count). The Morgan fingerprint density at radius 2 is 1.79 bits per heavy atom. The molecule has 0 radical (unpaired) electrons. The van der Waals surface area contributed by atoms with Crippen molar-refractivity contribution in [3.63, 3.8) is 0 Å². The fourth-order valence-corrected chi connectivity index (χ4v) is 2.04. The smallest absolute Gasteiger partial charge is 0.274 e. The molecule has 3 N–H and O–H groups in total. The van der Waals surface area contributed by atoms with Gasteiger partial charge in [-0.25, -0.2) is 14.4 Å². The molecule has 0 spiro atoms. The van der Waals surface area contributed by atoms with Gasteiger partial charge in [-0.05, 0) is 30.3 Å². The van der Waals surface area contributed by atoms with Gasteiger partial charge in [-0.15, -0.1) is 0 Å². The van der Waals surface area contributed by atoms with Gasteiger partial charge in [0.05, 0.1) is 0 Å². The normalized spacial score (nSPS) is 10.2. The predicted molar refractivity (Wildman–Crippen MR) is 87.8 cm³/mol. The summed E-state index contributed by atoms with van der Waals surface area (Å²) in [5.41, 5.74) is 1.07. The van der Waals surface area contributed by atoms with Gasteiger partial charge >= 0.3 is 0 Å². The van der Waals surface area contributed by atoms with Crippen molar-refractivity contribution in [3.8, 4) is 5.75 Å². The number of hydrogen-bond acceptors (Lipinski definition) is 5. The van der Waals surface area contributed by atoms with Crippen LogP contribution in [0.25, 0.3) is 0 Å². The van der Waals surface area contributed by atoms with Crippen molar-refractivity contribution in [2.75, 3.05) is 10.6 Å². The van der Waals surface area contributed by atoms with Crippen LogP contribution in [0.2, 0.25) is 0 Å². The third kappa shape index (κ3) is 3.83. The Balaban J connectivity index is 1.76. The van der Waals surface area contributed by atoms with Crippen LogP contribution in [0.3, 0.4) is 0 Å². The van der Waals surface area contributed by atoms with Crippen molar-refractivity contribution in [3.05, 3.63) is 72.4 Å². The molecule has 0 fully saturated rings. The molecular weight excluding hydrogens is 311 g/mol. The van der Waals surface area contributed by atoms with E-state index in [1.165, 1.54) is 36.7 Å². The molecule has 2 aromatic carbocycles. The first kappa shape index (κ1) is 15.4. The number of hydrogen-bond donors (Lipinski definition) is 3. The molecule has 0 aliphatic rings. The minimum absolute atomic E-state index is 0.109. The average Bonchev–Trinajstić information content (AvgIpc) is 2.55. The summed E-state index contributed by atoms with van der Waals surface area (Å²) in [5.74, 6) is -0.429. The van der Waals surface area contributed by atoms with Gasteiger partial charge in [-0.2, -0.15) is 0 Å². The number of aromatic hydroxyl groups is 1. The lowest BCUT2D eigenvalue weighted by molar-refractivity contribution is 0.102. The van der Waals surface area contributed by atoms with E-state index in [0.717, 1.165) is 0 Å². The molecule has 0 saturated carbocycles. The summed E-state index contributed by atoms with van der Waals surface area (Å²) in [7, 11) is 0. The first-order valence-corrected chi connectivity index (χ1v) is 7.05. The summed E-state index contributed by atoms with van der Waals surface area (Å²) >= 11 is 0. The van der Waals surface area contributed by atoms with Crippen LogP contribution in [0.1, 0.15) is 10.5 Å². The second-order valence-electron chi connectivity index (χ2n) is 4.93. The lowest BCUT2D eigenvalue weighted by atomic mass is 10.3. The van der Waals surface area contributed by atoms with Crippen LogP contribution in [0.5, 0.6) is 5.75 Å². The minimum atomic E-state index is -0.484. The largest absolute Gasteiger partial charge is 0.508 e. The Hall–Kier alpha value is -3.48. The van der Waals surface area contributed by atoms with Gasteiger partial charge < -0.3 is 15.7 Å². The maximum atomic E-state index is 13.2. The zero-order valence-electron chi connectivity index (χ0n) is 12.4. The maximum Gasteiger partial charge on any atom is 0.274 e. The zero-order valence-corrected chi connectivity index (χ0v) is 12.4. The van der Waals surface area contributed by atoms with Gasteiger partial charge in [0, 0.05) is 23.5 Å². The highest BCUT2D eigenvalue weighted by Gasteiger charge is 2.10. The Morgan fingerprint density at radius 1 is 1.00 bits per heavy atom. The molecule has 1 heterocycles. The van der Waals surface area contributed by atoms with Gasteiger partial charge in [0.25, 0.3) is 5.91 Å². The number of carbonyl (C=O) groups excluding carboxylic acids is 1. The second-order valence-corrected chi connectivity index (χ2v) is 4.93. The van der Waals surface area contributed by atoms with Gasteiger partial charge in [-0.3, -0.25) is 4.79 Å². The third-order valence-corrected chi connectivity index (χ3v) is 3.10. The number of benzene rings is 2. The summed E-state index contributed by atoms with van der Waals surface area (Å²) < 4.78 is 13.2. The molecular formula is C17H13FN4O2. The summed E-state index contributed by atoms with van der Waals surface area (Å²) in [6.45, 7) is 0. The molecule has 0 bridgehead atoms. The monoisotopic (exact) mass is 324 g/mol. The summed E-state index contributed by atoms with van der Waals surface area (Å²) in [6, 6.07) is 13.5. The summed E-state index contributed by atoms with van der Waals surface area (Å²) in [4.78, 5) is 20.1. The van der Waals surface area contributed by atoms with E-state index in [2.05, 4.69) is 20.6 Å². The lowest BCUT2D eigenvalue weighted by Crippen LogP contribution is -2.14. The van der Waals surface area contributed by atoms with E-state index in [-0.39, 0.29) is 11.4 Å². The molecule has 0 aliphatic heterocycles. The maximum absolute atomic E-state index is 13.2. The zero-order chi connectivity index (χ0) is 16.9. The average molecular weight is 324 g/mol. The first-order valence-electron chi connectivity index (χ1n) is 7.05. The molecule has 0 atom stereocenters. The summed E-state index contributed by atoms with van der Waals surface area (Å²) in [6.07, 6.45) is 1.24. The van der Waals surface area contributed by atoms with Crippen LogP contribution in [0, 0.1) is 5.82 Å². The number of anilines is 3. The van der Waals surface area contributed by atoms with E-state index in [1.54, 1.807) is 24.3 Å². The van der Waals surface area contributed by atoms with Crippen LogP contribution < -0.4 is 10.6 Å². The Labute approximate surface area is 137 Å². The van der Waals surface area contributed by atoms with Crippen molar-refractivity contribution >= 4 is 23.1 Å². The van der Waals surface area contributed by atoms with E-state index in [1.807, 2.05) is 0 Å². The summed E-state index contributed by atoms with van der Waals surface area (Å²) in [5, 5.41) is 15.0. The number of amides is 1. The van der Waals surface area contributed by atoms with Crippen LogP contribution in [-0.2, 0) is 0 Å². The van der Waals surface area contributed by atoms with E-state index in [4.69, 9.17) is 0 Å². The molecule has 6 nitrogen and oxygen atoms in total. The number of aromatic nitrogens is 2. The van der Waals surface area contributed by atoms with Crippen molar-refractivity contribution in [2.45, 2.75) is 0 Å². The number of phenols is 1. The third-order valence-electron chi connectivity index (χ3n) is 3.10. The number of rotatable bonds is 4. The number of halogens is 1. The molecule has 120 valence electrons.